The van der Waals surface area contributed by atoms with E-state index in [-0.39, 0.29) is 6.42 Å². The average molecular weight is 339 g/mol. The molecule has 128 valence electrons. The van der Waals surface area contributed by atoms with Gasteiger partial charge in [-0.15, -0.1) is 0 Å². The quantitative estimate of drug-likeness (QED) is 0.484. The summed E-state index contributed by atoms with van der Waals surface area (Å²) in [4.78, 5) is 23.5. The zero-order valence-electron chi connectivity index (χ0n) is 13.2. The highest BCUT2D eigenvalue weighted by Crippen LogP contribution is 2.21. The van der Waals surface area contributed by atoms with Crippen molar-refractivity contribution in [3.8, 4) is 0 Å². The lowest BCUT2D eigenvalue weighted by molar-refractivity contribution is -0.118. The van der Waals surface area contributed by atoms with Crippen LogP contribution in [0.25, 0.3) is 10.9 Å². The zero-order valence-corrected chi connectivity index (χ0v) is 13.2. The van der Waals surface area contributed by atoms with Gasteiger partial charge in [0.05, 0.1) is 5.52 Å². The maximum Gasteiger partial charge on any atom is 0.405 e. The smallest absolute Gasteiger partial charge is 0.405 e. The van der Waals surface area contributed by atoms with Crippen LogP contribution in [0.15, 0.2) is 48.5 Å². The van der Waals surface area contributed by atoms with Crippen LogP contribution in [0.2, 0.25) is 0 Å². The minimum atomic E-state index is -1.26. The van der Waals surface area contributed by atoms with E-state index in [0.717, 1.165) is 10.9 Å². The molecule has 3 rings (SSSR count). The number of hydrogen-bond acceptors (Lipinski definition) is 4. The van der Waals surface area contributed by atoms with Gasteiger partial charge in [0.2, 0.25) is 5.91 Å². The van der Waals surface area contributed by atoms with Crippen molar-refractivity contribution in [3.63, 3.8) is 0 Å². The number of nitrogen functional groups attached to an aromatic ring is 1. The molecule has 1 heterocycles. The highest BCUT2D eigenvalue weighted by molar-refractivity contribution is 5.99. The SMILES string of the molecule is Nc1n[nH]c2cc(NC(=O)[C@H](Cc3ccccc3)NC(=O)O)ccc12. The number of amides is 2. The van der Waals surface area contributed by atoms with Crippen molar-refractivity contribution in [2.24, 2.45) is 0 Å². The molecule has 6 N–H and O–H groups in total. The Labute approximate surface area is 143 Å². The molecule has 3 aromatic rings. The first kappa shape index (κ1) is 16.3. The van der Waals surface area contributed by atoms with E-state index in [1.54, 1.807) is 18.2 Å². The number of aromatic amines is 1. The maximum absolute atomic E-state index is 12.5. The normalized spacial score (nSPS) is 11.8. The fourth-order valence-corrected chi connectivity index (χ4v) is 2.56. The standard InChI is InChI=1S/C17H17N5O3/c18-15-12-7-6-11(9-13(12)21-22-15)19-16(23)14(20-17(24)25)8-10-4-2-1-3-5-10/h1-7,9,14,20H,8H2,(H,19,23)(H,24,25)(H3,18,21,22)/t14-/m0/s1. The minimum absolute atomic E-state index is 0.248. The van der Waals surface area contributed by atoms with Crippen LogP contribution in [-0.2, 0) is 11.2 Å². The number of carbonyl (C=O) groups excluding carboxylic acids is 1. The first-order valence-corrected chi connectivity index (χ1v) is 7.61. The van der Waals surface area contributed by atoms with Gasteiger partial charge in [0, 0.05) is 17.5 Å². The summed E-state index contributed by atoms with van der Waals surface area (Å²) in [5.41, 5.74) is 7.77. The summed E-state index contributed by atoms with van der Waals surface area (Å²) in [7, 11) is 0. The number of nitrogens with two attached hydrogens (primary N) is 1. The number of fused-ring (bicyclic) bond motifs is 1. The van der Waals surface area contributed by atoms with Crippen LogP contribution in [0.3, 0.4) is 0 Å². The van der Waals surface area contributed by atoms with E-state index >= 15 is 0 Å². The van der Waals surface area contributed by atoms with Gasteiger partial charge in [-0.05, 0) is 23.8 Å². The van der Waals surface area contributed by atoms with Gasteiger partial charge in [0.25, 0.3) is 0 Å². The predicted molar refractivity (Wildman–Crippen MR) is 94.2 cm³/mol. The molecule has 8 heteroatoms. The second kappa shape index (κ2) is 6.91. The molecule has 2 aromatic carbocycles. The van der Waals surface area contributed by atoms with E-state index in [4.69, 9.17) is 10.8 Å². The molecule has 1 aromatic heterocycles. The number of carboxylic acid groups (broad SMARTS) is 1. The summed E-state index contributed by atoms with van der Waals surface area (Å²) in [6.07, 6.45) is -1.01. The van der Waals surface area contributed by atoms with Gasteiger partial charge in [-0.25, -0.2) is 4.79 Å². The van der Waals surface area contributed by atoms with Gasteiger partial charge in [0.1, 0.15) is 6.04 Å². The number of nitrogens with zero attached hydrogens (tertiary/aromatic N) is 1. The van der Waals surface area contributed by atoms with Gasteiger partial charge < -0.3 is 21.5 Å². The van der Waals surface area contributed by atoms with Crippen molar-refractivity contribution in [2.45, 2.75) is 12.5 Å². The molecule has 8 nitrogen and oxygen atoms in total. The number of benzene rings is 2. The lowest BCUT2D eigenvalue weighted by Crippen LogP contribution is -2.44. The predicted octanol–water partition coefficient (Wildman–Crippen LogP) is 1.96. The third-order valence-electron chi connectivity index (χ3n) is 3.76. The van der Waals surface area contributed by atoms with Gasteiger partial charge >= 0.3 is 6.09 Å². The molecule has 0 bridgehead atoms. The van der Waals surface area contributed by atoms with Gasteiger partial charge in [0.15, 0.2) is 5.82 Å². The Bertz CT molecular complexity index is 907. The molecule has 1 atom stereocenters. The fraction of sp³-hybridized carbons (Fsp3) is 0.118. The van der Waals surface area contributed by atoms with Gasteiger partial charge in [-0.3, -0.25) is 9.89 Å². The molecule has 0 saturated carbocycles. The first-order chi connectivity index (χ1) is 12.0. The molecule has 0 spiro atoms. The van der Waals surface area contributed by atoms with Crippen LogP contribution < -0.4 is 16.4 Å². The lowest BCUT2D eigenvalue weighted by atomic mass is 10.1. The van der Waals surface area contributed by atoms with Crippen molar-refractivity contribution >= 4 is 34.4 Å². The summed E-state index contributed by atoms with van der Waals surface area (Å²) >= 11 is 0. The van der Waals surface area contributed by atoms with Crippen LogP contribution in [0.4, 0.5) is 16.3 Å². The Kier molecular flexibility index (Phi) is 4.51. The third-order valence-corrected chi connectivity index (χ3v) is 3.76. The third kappa shape index (κ3) is 3.86. The lowest BCUT2D eigenvalue weighted by Gasteiger charge is -2.17. The largest absolute Gasteiger partial charge is 0.465 e. The molecule has 0 unspecified atom stereocenters. The van der Waals surface area contributed by atoms with Crippen molar-refractivity contribution in [1.29, 1.82) is 0 Å². The van der Waals surface area contributed by atoms with Crippen LogP contribution in [0.1, 0.15) is 5.56 Å². The molecule has 0 fully saturated rings. The molecule has 0 saturated heterocycles. The first-order valence-electron chi connectivity index (χ1n) is 7.61. The van der Waals surface area contributed by atoms with E-state index in [0.29, 0.717) is 17.0 Å². The summed E-state index contributed by atoms with van der Waals surface area (Å²) in [5, 5.41) is 21.4. The van der Waals surface area contributed by atoms with E-state index in [1.807, 2.05) is 30.3 Å². The summed E-state index contributed by atoms with van der Waals surface area (Å²) in [6, 6.07) is 13.4. The summed E-state index contributed by atoms with van der Waals surface area (Å²) in [5.74, 6) is -0.0690. The Hall–Kier alpha value is -3.55. The number of rotatable bonds is 5. The molecule has 25 heavy (non-hydrogen) atoms. The Morgan fingerprint density at radius 3 is 2.68 bits per heavy atom. The van der Waals surface area contributed by atoms with E-state index in [1.165, 1.54) is 0 Å². The zero-order chi connectivity index (χ0) is 17.8. The van der Waals surface area contributed by atoms with E-state index < -0.39 is 18.0 Å². The fourth-order valence-electron chi connectivity index (χ4n) is 2.56. The van der Waals surface area contributed by atoms with Crippen LogP contribution in [-0.4, -0.2) is 33.3 Å². The molecule has 0 aliphatic heterocycles. The summed E-state index contributed by atoms with van der Waals surface area (Å²) in [6.45, 7) is 0. The molecule has 0 aliphatic rings. The molecule has 0 radical (unpaired) electrons. The van der Waals surface area contributed by atoms with E-state index in [2.05, 4.69) is 20.8 Å². The Morgan fingerprint density at radius 1 is 1.20 bits per heavy atom. The van der Waals surface area contributed by atoms with Crippen molar-refractivity contribution < 1.29 is 14.7 Å². The molecule has 0 aliphatic carbocycles. The van der Waals surface area contributed by atoms with Crippen molar-refractivity contribution in [1.82, 2.24) is 15.5 Å². The number of anilines is 2. The number of carbonyl (C=O) groups is 2. The van der Waals surface area contributed by atoms with Crippen LogP contribution >= 0.6 is 0 Å². The molecule has 2 amide bonds. The van der Waals surface area contributed by atoms with E-state index in [9.17, 15) is 9.59 Å². The van der Waals surface area contributed by atoms with Gasteiger partial charge in [-0.2, -0.15) is 5.10 Å². The van der Waals surface area contributed by atoms with Crippen LogP contribution in [0.5, 0.6) is 0 Å². The second-order valence-corrected chi connectivity index (χ2v) is 5.55. The molecular formula is C17H17N5O3. The Balaban J connectivity index is 1.77. The monoisotopic (exact) mass is 339 g/mol. The second-order valence-electron chi connectivity index (χ2n) is 5.55. The van der Waals surface area contributed by atoms with Crippen molar-refractivity contribution in [2.75, 3.05) is 11.1 Å². The highest BCUT2D eigenvalue weighted by Gasteiger charge is 2.21. The number of aromatic nitrogens is 2. The number of hydrogen-bond donors (Lipinski definition) is 5. The van der Waals surface area contributed by atoms with Crippen molar-refractivity contribution in [3.05, 3.63) is 54.1 Å². The highest BCUT2D eigenvalue weighted by atomic mass is 16.4. The van der Waals surface area contributed by atoms with Crippen LogP contribution in [0, 0.1) is 0 Å². The molecular weight excluding hydrogens is 322 g/mol. The number of nitrogens with one attached hydrogen (secondary N) is 3. The van der Waals surface area contributed by atoms with Gasteiger partial charge in [-0.1, -0.05) is 30.3 Å². The topological polar surface area (TPSA) is 133 Å². The minimum Gasteiger partial charge on any atom is -0.465 e. The maximum atomic E-state index is 12.5. The number of H-pyrrole nitrogens is 1. The average Bonchev–Trinajstić information content (AvgIpc) is 2.95. The Morgan fingerprint density at radius 2 is 1.96 bits per heavy atom. The summed E-state index contributed by atoms with van der Waals surface area (Å²) < 4.78 is 0.